The van der Waals surface area contributed by atoms with Gasteiger partial charge in [0.05, 0.1) is 18.4 Å². The standard InChI is InChI=1S/C15H16F2N6/c16-15(17)23-4-3-19-14(23)11-21-5-7-22(8-6-21)13-2-1-12(9-18)20-10-13/h1-4,10,15H,5-8,11H2. The molecule has 0 N–H and O–H groups in total. The topological polar surface area (TPSA) is 61.0 Å². The summed E-state index contributed by atoms with van der Waals surface area (Å²) >= 11 is 0. The number of rotatable bonds is 4. The minimum atomic E-state index is -2.56. The third-order valence-electron chi connectivity index (χ3n) is 3.92. The maximum atomic E-state index is 12.8. The number of anilines is 1. The van der Waals surface area contributed by atoms with Crippen molar-refractivity contribution in [1.29, 1.82) is 5.26 Å². The van der Waals surface area contributed by atoms with Crippen molar-refractivity contribution >= 4 is 5.69 Å². The van der Waals surface area contributed by atoms with Crippen molar-refractivity contribution in [2.24, 2.45) is 0 Å². The van der Waals surface area contributed by atoms with Crippen LogP contribution in [0.2, 0.25) is 0 Å². The quantitative estimate of drug-likeness (QED) is 0.861. The highest BCUT2D eigenvalue weighted by molar-refractivity contribution is 5.46. The van der Waals surface area contributed by atoms with Crippen LogP contribution in [-0.4, -0.2) is 45.6 Å². The minimum absolute atomic E-state index is 0.383. The highest BCUT2D eigenvalue weighted by atomic mass is 19.3. The highest BCUT2D eigenvalue weighted by Crippen LogP contribution is 2.18. The molecule has 120 valence electrons. The van der Waals surface area contributed by atoms with Crippen molar-refractivity contribution < 1.29 is 8.78 Å². The first-order valence-electron chi connectivity index (χ1n) is 7.30. The van der Waals surface area contributed by atoms with Crippen molar-refractivity contribution in [3.63, 3.8) is 0 Å². The molecule has 1 aliphatic heterocycles. The van der Waals surface area contributed by atoms with Crippen molar-refractivity contribution in [2.75, 3.05) is 31.1 Å². The molecule has 0 amide bonds. The average Bonchev–Trinajstić information content (AvgIpc) is 3.04. The Kier molecular flexibility index (Phi) is 4.48. The summed E-state index contributed by atoms with van der Waals surface area (Å²) in [6, 6.07) is 5.57. The van der Waals surface area contributed by atoms with Gasteiger partial charge >= 0.3 is 6.55 Å². The molecule has 0 bridgehead atoms. The lowest BCUT2D eigenvalue weighted by atomic mass is 10.2. The van der Waals surface area contributed by atoms with Crippen molar-refractivity contribution in [3.05, 3.63) is 42.2 Å². The van der Waals surface area contributed by atoms with Gasteiger partial charge in [-0.1, -0.05) is 0 Å². The summed E-state index contributed by atoms with van der Waals surface area (Å²) in [7, 11) is 0. The average molecular weight is 318 g/mol. The Morgan fingerprint density at radius 1 is 1.17 bits per heavy atom. The largest absolute Gasteiger partial charge is 0.368 e. The van der Waals surface area contributed by atoms with Gasteiger partial charge in [-0.15, -0.1) is 0 Å². The molecule has 0 spiro atoms. The van der Waals surface area contributed by atoms with E-state index in [2.05, 4.69) is 19.8 Å². The van der Waals surface area contributed by atoms with E-state index in [0.29, 0.717) is 18.1 Å². The van der Waals surface area contributed by atoms with Crippen LogP contribution in [0.1, 0.15) is 18.1 Å². The third kappa shape index (κ3) is 3.46. The van der Waals surface area contributed by atoms with E-state index in [1.807, 2.05) is 12.1 Å². The second-order valence-electron chi connectivity index (χ2n) is 5.31. The summed E-state index contributed by atoms with van der Waals surface area (Å²) in [5, 5.41) is 8.76. The van der Waals surface area contributed by atoms with E-state index in [1.54, 1.807) is 12.3 Å². The normalized spacial score (nSPS) is 15.8. The van der Waals surface area contributed by atoms with Gasteiger partial charge in [-0.05, 0) is 12.1 Å². The number of imidazole rings is 1. The van der Waals surface area contributed by atoms with Crippen LogP contribution in [0.25, 0.3) is 0 Å². The van der Waals surface area contributed by atoms with E-state index >= 15 is 0 Å². The van der Waals surface area contributed by atoms with Gasteiger partial charge in [0.25, 0.3) is 0 Å². The fourth-order valence-electron chi connectivity index (χ4n) is 2.65. The molecule has 1 aliphatic rings. The Bertz CT molecular complexity index is 683. The number of aromatic nitrogens is 3. The summed E-state index contributed by atoms with van der Waals surface area (Å²) in [5.41, 5.74) is 1.36. The van der Waals surface area contributed by atoms with Crippen LogP contribution in [-0.2, 0) is 6.54 Å². The van der Waals surface area contributed by atoms with Crippen LogP contribution in [0, 0.1) is 11.3 Å². The summed E-state index contributed by atoms with van der Waals surface area (Å²) in [6.45, 7) is 0.938. The molecule has 23 heavy (non-hydrogen) atoms. The lowest BCUT2D eigenvalue weighted by Gasteiger charge is -2.35. The number of halogens is 2. The van der Waals surface area contributed by atoms with Crippen molar-refractivity contribution in [3.8, 4) is 6.07 Å². The van der Waals surface area contributed by atoms with E-state index < -0.39 is 6.55 Å². The fourth-order valence-corrected chi connectivity index (χ4v) is 2.65. The molecule has 2 aromatic heterocycles. The Balaban J connectivity index is 1.58. The summed E-state index contributed by atoms with van der Waals surface area (Å²) in [6.07, 6.45) is 4.40. The fraction of sp³-hybridized carbons (Fsp3) is 0.400. The number of hydrogen-bond acceptors (Lipinski definition) is 5. The molecule has 0 aliphatic carbocycles. The number of alkyl halides is 2. The first kappa shape index (κ1) is 15.4. The third-order valence-corrected chi connectivity index (χ3v) is 3.92. The van der Waals surface area contributed by atoms with Gasteiger partial charge in [0.2, 0.25) is 0 Å². The molecule has 0 atom stereocenters. The number of nitrogens with zero attached hydrogens (tertiary/aromatic N) is 6. The van der Waals surface area contributed by atoms with E-state index in [1.165, 1.54) is 12.4 Å². The first-order valence-corrected chi connectivity index (χ1v) is 7.30. The predicted molar refractivity (Wildman–Crippen MR) is 79.9 cm³/mol. The molecule has 1 saturated heterocycles. The van der Waals surface area contributed by atoms with Crippen molar-refractivity contribution in [1.82, 2.24) is 19.4 Å². The molecule has 0 saturated carbocycles. The molecule has 3 heterocycles. The van der Waals surface area contributed by atoms with Crippen molar-refractivity contribution in [2.45, 2.75) is 13.1 Å². The monoisotopic (exact) mass is 318 g/mol. The smallest absolute Gasteiger partial charge is 0.319 e. The maximum absolute atomic E-state index is 12.8. The van der Waals surface area contributed by atoms with Crippen LogP contribution >= 0.6 is 0 Å². The molecule has 0 aromatic carbocycles. The Morgan fingerprint density at radius 2 is 1.96 bits per heavy atom. The molecule has 2 aromatic rings. The van der Waals surface area contributed by atoms with Gasteiger partial charge in [-0.25, -0.2) is 9.97 Å². The van der Waals surface area contributed by atoms with Gasteiger partial charge in [-0.3, -0.25) is 9.47 Å². The summed E-state index contributed by atoms with van der Waals surface area (Å²) < 4.78 is 26.6. The van der Waals surface area contributed by atoms with Gasteiger partial charge in [0.15, 0.2) is 0 Å². The van der Waals surface area contributed by atoms with Crippen LogP contribution in [0.4, 0.5) is 14.5 Å². The van der Waals surface area contributed by atoms with Crippen LogP contribution in [0.15, 0.2) is 30.7 Å². The van der Waals surface area contributed by atoms with Gasteiger partial charge < -0.3 is 4.90 Å². The number of pyridine rings is 1. The van der Waals surface area contributed by atoms with E-state index in [9.17, 15) is 8.78 Å². The Morgan fingerprint density at radius 3 is 2.57 bits per heavy atom. The molecular formula is C15H16F2N6. The first-order chi connectivity index (χ1) is 11.2. The predicted octanol–water partition coefficient (Wildman–Crippen LogP) is 1.87. The molecule has 3 rings (SSSR count). The van der Waals surface area contributed by atoms with E-state index in [0.717, 1.165) is 36.4 Å². The maximum Gasteiger partial charge on any atom is 0.319 e. The highest BCUT2D eigenvalue weighted by Gasteiger charge is 2.20. The lowest BCUT2D eigenvalue weighted by molar-refractivity contribution is 0.0637. The molecule has 1 fully saturated rings. The Hall–Kier alpha value is -2.53. The van der Waals surface area contributed by atoms with E-state index in [4.69, 9.17) is 5.26 Å². The summed E-state index contributed by atoms with van der Waals surface area (Å²) in [4.78, 5) is 12.4. The van der Waals surface area contributed by atoms with Crippen LogP contribution < -0.4 is 4.90 Å². The minimum Gasteiger partial charge on any atom is -0.368 e. The zero-order valence-electron chi connectivity index (χ0n) is 12.4. The molecular weight excluding hydrogens is 302 g/mol. The second kappa shape index (κ2) is 6.71. The van der Waals surface area contributed by atoms with Crippen LogP contribution in [0.3, 0.4) is 0 Å². The second-order valence-corrected chi connectivity index (χ2v) is 5.31. The Labute approximate surface area is 132 Å². The zero-order chi connectivity index (χ0) is 16.2. The van der Waals surface area contributed by atoms with Gasteiger partial charge in [-0.2, -0.15) is 14.0 Å². The number of hydrogen-bond donors (Lipinski definition) is 0. The molecule has 6 nitrogen and oxygen atoms in total. The number of piperazine rings is 1. The molecule has 0 unspecified atom stereocenters. The van der Waals surface area contributed by atoms with E-state index in [-0.39, 0.29) is 0 Å². The van der Waals surface area contributed by atoms with Gasteiger partial charge in [0, 0.05) is 38.6 Å². The molecule has 8 heteroatoms. The lowest BCUT2D eigenvalue weighted by Crippen LogP contribution is -2.46. The summed E-state index contributed by atoms with van der Waals surface area (Å²) in [5.74, 6) is 0.383. The SMILES string of the molecule is N#Cc1ccc(N2CCN(Cc3nccn3C(F)F)CC2)cn1. The zero-order valence-corrected chi connectivity index (χ0v) is 12.4. The van der Waals surface area contributed by atoms with Gasteiger partial charge in [0.1, 0.15) is 17.6 Å². The molecule has 0 radical (unpaired) electrons. The van der Waals surface area contributed by atoms with Crippen LogP contribution in [0.5, 0.6) is 0 Å². The number of nitriles is 1.